The van der Waals surface area contributed by atoms with E-state index in [1.54, 1.807) is 32.9 Å². The summed E-state index contributed by atoms with van der Waals surface area (Å²) >= 11 is 1.29. The molecule has 3 N–H and O–H groups in total. The average Bonchev–Trinajstić information content (AvgIpc) is 2.97. The number of amides is 1. The van der Waals surface area contributed by atoms with Crippen molar-refractivity contribution in [2.24, 2.45) is 5.73 Å². The van der Waals surface area contributed by atoms with Gasteiger partial charge in [0.2, 0.25) is 0 Å². The Balaban J connectivity index is 0.00000576. The quantitative estimate of drug-likeness (QED) is 0.683. The van der Waals surface area contributed by atoms with Crippen molar-refractivity contribution in [3.05, 3.63) is 21.9 Å². The molecule has 1 aromatic rings. The Morgan fingerprint density at radius 3 is 2.48 bits per heavy atom. The van der Waals surface area contributed by atoms with E-state index < -0.39 is 17.6 Å². The molecule has 0 fully saturated rings. The summed E-state index contributed by atoms with van der Waals surface area (Å²) in [6, 6.07) is 2.54. The Kier molecular flexibility index (Phi) is 9.69. The number of methoxy groups -OCH3 is 1. The summed E-state index contributed by atoms with van der Waals surface area (Å²) in [4.78, 5) is 36.3. The number of carbonyl (C=O) groups excluding carboxylic acids is 3. The summed E-state index contributed by atoms with van der Waals surface area (Å²) in [5.41, 5.74) is 5.09. The minimum atomic E-state index is -0.924. The highest BCUT2D eigenvalue weighted by Crippen LogP contribution is 2.18. The van der Waals surface area contributed by atoms with Gasteiger partial charge in [0.1, 0.15) is 11.6 Å². The average molecular weight is 393 g/mol. The van der Waals surface area contributed by atoms with E-state index in [0.29, 0.717) is 11.3 Å². The van der Waals surface area contributed by atoms with Crippen molar-refractivity contribution in [3.63, 3.8) is 0 Å². The molecule has 1 heterocycles. The van der Waals surface area contributed by atoms with E-state index in [9.17, 15) is 14.4 Å². The fraction of sp³-hybridized carbons (Fsp3) is 0.562. The fourth-order valence-corrected chi connectivity index (χ4v) is 2.64. The lowest BCUT2D eigenvalue weighted by molar-refractivity contribution is -0.156. The zero-order chi connectivity index (χ0) is 18.3. The van der Waals surface area contributed by atoms with Gasteiger partial charge in [-0.25, -0.2) is 0 Å². The van der Waals surface area contributed by atoms with E-state index >= 15 is 0 Å². The van der Waals surface area contributed by atoms with Crippen LogP contribution in [0, 0.1) is 0 Å². The van der Waals surface area contributed by atoms with Gasteiger partial charge in [-0.2, -0.15) is 0 Å². The Bertz CT molecular complexity index is 598. The van der Waals surface area contributed by atoms with Gasteiger partial charge in [-0.1, -0.05) is 0 Å². The summed E-state index contributed by atoms with van der Waals surface area (Å²) in [6.45, 7) is 5.23. The molecule has 1 amide bonds. The predicted octanol–water partition coefficient (Wildman–Crippen LogP) is 1.67. The van der Waals surface area contributed by atoms with Crippen LogP contribution in [-0.2, 0) is 25.5 Å². The molecule has 0 spiro atoms. The van der Waals surface area contributed by atoms with Crippen LogP contribution in [-0.4, -0.2) is 43.1 Å². The van der Waals surface area contributed by atoms with Crippen LogP contribution in [0.15, 0.2) is 12.1 Å². The van der Waals surface area contributed by atoms with Gasteiger partial charge in [0.15, 0.2) is 0 Å². The van der Waals surface area contributed by atoms with Crippen LogP contribution in [0.5, 0.6) is 0 Å². The first-order valence-electron chi connectivity index (χ1n) is 7.54. The van der Waals surface area contributed by atoms with Crippen molar-refractivity contribution < 1.29 is 23.9 Å². The molecule has 0 bridgehead atoms. The molecule has 0 aromatic carbocycles. The standard InChI is InChI=1S/C16H24N2O5S.ClH/c1-16(2,3)23-15(21)11(17)9-18-14(20)12-7-5-10(24-12)6-8-13(19)22-4;/h5,7,11H,6,8-9,17H2,1-4H3,(H,18,20);1H/t11-;/m0./s1. The molecule has 1 aromatic heterocycles. The van der Waals surface area contributed by atoms with Gasteiger partial charge in [0.05, 0.1) is 18.4 Å². The molecular weight excluding hydrogens is 368 g/mol. The van der Waals surface area contributed by atoms with E-state index in [2.05, 4.69) is 10.1 Å². The monoisotopic (exact) mass is 392 g/mol. The zero-order valence-corrected chi connectivity index (χ0v) is 16.4. The van der Waals surface area contributed by atoms with Crippen molar-refractivity contribution in [1.29, 1.82) is 0 Å². The number of esters is 2. The molecule has 1 atom stereocenters. The zero-order valence-electron chi connectivity index (χ0n) is 14.8. The van der Waals surface area contributed by atoms with E-state index in [-0.39, 0.29) is 37.2 Å². The number of ether oxygens (including phenoxy) is 2. The minimum Gasteiger partial charge on any atom is -0.469 e. The molecule has 142 valence electrons. The van der Waals surface area contributed by atoms with E-state index in [4.69, 9.17) is 10.5 Å². The molecule has 0 unspecified atom stereocenters. The topological polar surface area (TPSA) is 108 Å². The van der Waals surface area contributed by atoms with Crippen molar-refractivity contribution >= 4 is 41.6 Å². The molecule has 0 aliphatic heterocycles. The first-order valence-corrected chi connectivity index (χ1v) is 8.36. The van der Waals surface area contributed by atoms with Gasteiger partial charge in [-0.3, -0.25) is 14.4 Å². The van der Waals surface area contributed by atoms with Crippen LogP contribution in [0.3, 0.4) is 0 Å². The molecule has 9 heteroatoms. The Hall–Kier alpha value is -1.64. The number of aryl methyl sites for hydroxylation is 1. The van der Waals surface area contributed by atoms with Crippen LogP contribution >= 0.6 is 23.7 Å². The summed E-state index contributed by atoms with van der Waals surface area (Å²) in [7, 11) is 1.34. The SMILES string of the molecule is COC(=O)CCc1ccc(C(=O)NC[C@H](N)C(=O)OC(C)(C)C)s1.Cl. The second-order valence-electron chi connectivity index (χ2n) is 6.19. The molecule has 0 aliphatic rings. The van der Waals surface area contributed by atoms with Crippen LogP contribution in [0.4, 0.5) is 0 Å². The lowest BCUT2D eigenvalue weighted by Crippen LogP contribution is -2.45. The molecule has 0 radical (unpaired) electrons. The number of nitrogens with two attached hydrogens (primary N) is 1. The highest BCUT2D eigenvalue weighted by Gasteiger charge is 2.22. The number of thiophene rings is 1. The third kappa shape index (κ3) is 8.85. The predicted molar refractivity (Wildman–Crippen MR) is 98.1 cm³/mol. The first kappa shape index (κ1) is 23.4. The lowest BCUT2D eigenvalue weighted by Gasteiger charge is -2.22. The second kappa shape index (κ2) is 10.4. The maximum Gasteiger partial charge on any atom is 0.325 e. The highest BCUT2D eigenvalue weighted by molar-refractivity contribution is 7.14. The van der Waals surface area contributed by atoms with Crippen molar-refractivity contribution in [2.75, 3.05) is 13.7 Å². The van der Waals surface area contributed by atoms with Crippen LogP contribution in [0.1, 0.15) is 41.7 Å². The second-order valence-corrected chi connectivity index (χ2v) is 7.36. The highest BCUT2D eigenvalue weighted by atomic mass is 35.5. The van der Waals surface area contributed by atoms with Crippen molar-refractivity contribution in [1.82, 2.24) is 5.32 Å². The summed E-state index contributed by atoms with van der Waals surface area (Å²) in [6.07, 6.45) is 0.781. The minimum absolute atomic E-state index is 0. The largest absolute Gasteiger partial charge is 0.469 e. The van der Waals surface area contributed by atoms with Crippen LogP contribution in [0.2, 0.25) is 0 Å². The summed E-state index contributed by atoms with van der Waals surface area (Å²) in [5.74, 6) is -1.17. The van der Waals surface area contributed by atoms with Crippen LogP contribution < -0.4 is 11.1 Å². The molecule has 0 aliphatic carbocycles. The molecule has 25 heavy (non-hydrogen) atoms. The van der Waals surface area contributed by atoms with Gasteiger partial charge in [-0.15, -0.1) is 23.7 Å². The van der Waals surface area contributed by atoms with Gasteiger partial charge < -0.3 is 20.5 Å². The first-order chi connectivity index (χ1) is 11.1. The van der Waals surface area contributed by atoms with Gasteiger partial charge in [0, 0.05) is 11.4 Å². The fourth-order valence-electron chi connectivity index (χ4n) is 1.71. The number of hydrogen-bond acceptors (Lipinski definition) is 7. The summed E-state index contributed by atoms with van der Waals surface area (Å²) in [5, 5.41) is 2.61. The number of nitrogens with one attached hydrogen (secondary N) is 1. The summed E-state index contributed by atoms with van der Waals surface area (Å²) < 4.78 is 9.73. The van der Waals surface area contributed by atoms with E-state index in [1.165, 1.54) is 18.4 Å². The van der Waals surface area contributed by atoms with Crippen molar-refractivity contribution in [3.8, 4) is 0 Å². The molecular formula is C16H25ClN2O5S. The van der Waals surface area contributed by atoms with Gasteiger partial charge in [-0.05, 0) is 39.3 Å². The Morgan fingerprint density at radius 2 is 1.92 bits per heavy atom. The number of carbonyl (C=O) groups is 3. The van der Waals surface area contributed by atoms with Crippen LogP contribution in [0.25, 0.3) is 0 Å². The van der Waals surface area contributed by atoms with E-state index in [0.717, 1.165) is 4.88 Å². The maximum atomic E-state index is 12.1. The molecule has 0 saturated heterocycles. The smallest absolute Gasteiger partial charge is 0.325 e. The third-order valence-corrected chi connectivity index (χ3v) is 4.02. The van der Waals surface area contributed by atoms with Crippen molar-refractivity contribution in [2.45, 2.75) is 45.3 Å². The number of halogens is 1. The molecule has 7 nitrogen and oxygen atoms in total. The molecule has 0 saturated carbocycles. The maximum absolute atomic E-state index is 12.1. The van der Waals surface area contributed by atoms with E-state index in [1.807, 2.05) is 0 Å². The third-order valence-electron chi connectivity index (χ3n) is 2.88. The van der Waals surface area contributed by atoms with Gasteiger partial charge >= 0.3 is 11.9 Å². The number of hydrogen-bond donors (Lipinski definition) is 2. The van der Waals surface area contributed by atoms with Gasteiger partial charge in [0.25, 0.3) is 5.91 Å². The Morgan fingerprint density at radius 1 is 1.28 bits per heavy atom. The molecule has 1 rings (SSSR count). The number of rotatable bonds is 7. The Labute approximate surface area is 157 Å². The normalized spacial score (nSPS) is 11.9. The lowest BCUT2D eigenvalue weighted by atomic mass is 10.2.